The third kappa shape index (κ3) is 5.25. The normalized spacial score (nSPS) is 14.2. The standard InChI is InChI=1S/C31H24ClN3O2/c32-28-16-21(17-33)6-14-27(28)31(23-2-1-3-23)30(24-8-4-20(5-9-24)7-15-29(36)37)25-12-10-22(11-13-25)26-18-34-35-19-26/h4-16,18-19,23H,1-3H2,(H,34,35)(H,36,37). The first kappa shape index (κ1) is 24.3. The highest BCUT2D eigenvalue weighted by Gasteiger charge is 2.28. The largest absolute Gasteiger partial charge is 0.478 e. The molecule has 5 nitrogen and oxygen atoms in total. The van der Waals surface area contributed by atoms with Crippen molar-refractivity contribution in [3.05, 3.63) is 118 Å². The zero-order valence-corrected chi connectivity index (χ0v) is 20.7. The summed E-state index contributed by atoms with van der Waals surface area (Å²) in [4.78, 5) is 11.0. The Morgan fingerprint density at radius 1 is 1.03 bits per heavy atom. The van der Waals surface area contributed by atoms with Crippen LogP contribution in [0, 0.1) is 17.2 Å². The van der Waals surface area contributed by atoms with Crippen molar-refractivity contribution in [1.29, 1.82) is 5.26 Å². The van der Waals surface area contributed by atoms with E-state index in [9.17, 15) is 10.1 Å². The Kier molecular flexibility index (Phi) is 7.02. The Morgan fingerprint density at radius 3 is 2.27 bits per heavy atom. The number of benzene rings is 3. The van der Waals surface area contributed by atoms with E-state index in [1.807, 2.05) is 42.6 Å². The van der Waals surface area contributed by atoms with Crippen LogP contribution in [0.25, 0.3) is 28.3 Å². The number of carboxylic acids is 1. The van der Waals surface area contributed by atoms with E-state index in [1.165, 1.54) is 5.57 Å². The van der Waals surface area contributed by atoms with Crippen LogP contribution in [0.5, 0.6) is 0 Å². The summed E-state index contributed by atoms with van der Waals surface area (Å²) in [6, 6.07) is 24.0. The zero-order valence-electron chi connectivity index (χ0n) is 20.0. The minimum Gasteiger partial charge on any atom is -0.478 e. The van der Waals surface area contributed by atoms with Gasteiger partial charge >= 0.3 is 5.97 Å². The van der Waals surface area contributed by atoms with Gasteiger partial charge in [-0.1, -0.05) is 72.6 Å². The summed E-state index contributed by atoms with van der Waals surface area (Å²) in [5.74, 6) is -0.634. The smallest absolute Gasteiger partial charge is 0.328 e. The highest BCUT2D eigenvalue weighted by molar-refractivity contribution is 6.33. The van der Waals surface area contributed by atoms with E-state index >= 15 is 0 Å². The number of H-pyrrole nitrogens is 1. The van der Waals surface area contributed by atoms with Crippen LogP contribution in [0.1, 0.15) is 47.1 Å². The van der Waals surface area contributed by atoms with Gasteiger partial charge in [-0.2, -0.15) is 10.4 Å². The molecular formula is C31H24ClN3O2. The molecule has 182 valence electrons. The molecule has 1 saturated carbocycles. The van der Waals surface area contributed by atoms with Gasteiger partial charge in [-0.3, -0.25) is 5.10 Å². The Balaban J connectivity index is 1.70. The van der Waals surface area contributed by atoms with Gasteiger partial charge in [0.25, 0.3) is 0 Å². The quantitative estimate of drug-likeness (QED) is 0.201. The number of hydrogen-bond acceptors (Lipinski definition) is 3. The van der Waals surface area contributed by atoms with E-state index in [2.05, 4.69) is 40.5 Å². The average Bonchev–Trinajstić information content (AvgIpc) is 3.42. The van der Waals surface area contributed by atoms with E-state index in [4.69, 9.17) is 16.7 Å². The van der Waals surface area contributed by atoms with Crippen LogP contribution in [-0.4, -0.2) is 21.3 Å². The molecule has 1 aliphatic carbocycles. The van der Waals surface area contributed by atoms with Gasteiger partial charge in [0.2, 0.25) is 0 Å². The second-order valence-corrected chi connectivity index (χ2v) is 9.49. The first-order valence-corrected chi connectivity index (χ1v) is 12.5. The minimum absolute atomic E-state index is 0.348. The molecule has 4 aromatic rings. The third-order valence-corrected chi connectivity index (χ3v) is 7.11. The Morgan fingerprint density at radius 2 is 1.73 bits per heavy atom. The number of allylic oxidation sites excluding steroid dienone is 1. The first-order chi connectivity index (χ1) is 18.0. The molecule has 0 unspecified atom stereocenters. The maximum absolute atomic E-state index is 11.0. The topological polar surface area (TPSA) is 89.8 Å². The lowest BCUT2D eigenvalue weighted by Gasteiger charge is -2.32. The lowest BCUT2D eigenvalue weighted by Crippen LogP contribution is -2.15. The van der Waals surface area contributed by atoms with Crippen molar-refractivity contribution in [2.45, 2.75) is 19.3 Å². The fourth-order valence-electron chi connectivity index (χ4n) is 4.70. The van der Waals surface area contributed by atoms with Crippen LogP contribution in [0.3, 0.4) is 0 Å². The van der Waals surface area contributed by atoms with E-state index < -0.39 is 5.97 Å². The summed E-state index contributed by atoms with van der Waals surface area (Å²) in [5.41, 5.74) is 8.69. The number of rotatable bonds is 7. The number of nitrogens with one attached hydrogen (secondary N) is 1. The summed E-state index contributed by atoms with van der Waals surface area (Å²) in [7, 11) is 0. The summed E-state index contributed by atoms with van der Waals surface area (Å²) in [6.45, 7) is 0. The van der Waals surface area contributed by atoms with E-state index in [-0.39, 0.29) is 0 Å². The molecule has 0 radical (unpaired) electrons. The predicted molar refractivity (Wildman–Crippen MR) is 147 cm³/mol. The fourth-order valence-corrected chi connectivity index (χ4v) is 4.99. The van der Waals surface area contributed by atoms with E-state index in [0.717, 1.165) is 64.3 Å². The molecule has 37 heavy (non-hydrogen) atoms. The van der Waals surface area contributed by atoms with Gasteiger partial charge in [0.05, 0.1) is 17.8 Å². The number of aromatic amines is 1. The molecule has 3 aromatic carbocycles. The first-order valence-electron chi connectivity index (χ1n) is 12.1. The van der Waals surface area contributed by atoms with Crippen molar-refractivity contribution in [2.24, 2.45) is 5.92 Å². The minimum atomic E-state index is -0.981. The zero-order chi connectivity index (χ0) is 25.8. The lowest BCUT2D eigenvalue weighted by atomic mass is 9.73. The second-order valence-electron chi connectivity index (χ2n) is 9.08. The maximum Gasteiger partial charge on any atom is 0.328 e. The molecule has 0 spiro atoms. The Labute approximate surface area is 220 Å². The third-order valence-electron chi connectivity index (χ3n) is 6.79. The van der Waals surface area contributed by atoms with Gasteiger partial charge in [-0.25, -0.2) is 4.79 Å². The van der Waals surface area contributed by atoms with Gasteiger partial charge in [0, 0.05) is 22.9 Å². The SMILES string of the molecule is N#Cc1ccc(C(=C(c2ccc(C=CC(=O)O)cc2)c2ccc(-c3cn[nH]c3)cc2)C2CCC2)c(Cl)c1. The number of hydrogen-bond donors (Lipinski definition) is 2. The maximum atomic E-state index is 11.0. The Hall–Kier alpha value is -4.40. The predicted octanol–water partition coefficient (Wildman–Crippen LogP) is 7.46. The monoisotopic (exact) mass is 505 g/mol. The van der Waals surface area contributed by atoms with Crippen molar-refractivity contribution >= 4 is 34.8 Å². The van der Waals surface area contributed by atoms with Crippen LogP contribution in [0.2, 0.25) is 5.02 Å². The highest BCUT2D eigenvalue weighted by atomic mass is 35.5. The number of nitriles is 1. The van der Waals surface area contributed by atoms with Crippen molar-refractivity contribution in [3.63, 3.8) is 0 Å². The van der Waals surface area contributed by atoms with Gasteiger partial charge in [-0.05, 0) is 75.9 Å². The van der Waals surface area contributed by atoms with E-state index in [0.29, 0.717) is 16.5 Å². The molecule has 2 N–H and O–H groups in total. The number of aliphatic carboxylic acids is 1. The molecule has 1 aromatic heterocycles. The highest BCUT2D eigenvalue weighted by Crippen LogP contribution is 2.47. The number of carbonyl (C=O) groups is 1. The van der Waals surface area contributed by atoms with Gasteiger partial charge in [0.1, 0.15) is 0 Å². The molecule has 0 saturated heterocycles. The second kappa shape index (κ2) is 10.7. The molecule has 1 heterocycles. The van der Waals surface area contributed by atoms with Crippen LogP contribution in [0.4, 0.5) is 0 Å². The summed E-state index contributed by atoms with van der Waals surface area (Å²) >= 11 is 6.78. The Bertz CT molecular complexity index is 1520. The molecule has 6 heteroatoms. The summed E-state index contributed by atoms with van der Waals surface area (Å²) in [5, 5.41) is 25.8. The molecule has 0 aliphatic heterocycles. The van der Waals surface area contributed by atoms with Crippen molar-refractivity contribution < 1.29 is 9.90 Å². The van der Waals surface area contributed by atoms with Crippen LogP contribution in [-0.2, 0) is 4.79 Å². The molecular weight excluding hydrogens is 482 g/mol. The van der Waals surface area contributed by atoms with Crippen LogP contribution < -0.4 is 0 Å². The van der Waals surface area contributed by atoms with Crippen LogP contribution >= 0.6 is 11.6 Å². The lowest BCUT2D eigenvalue weighted by molar-refractivity contribution is -0.131. The molecule has 5 rings (SSSR count). The van der Waals surface area contributed by atoms with Crippen molar-refractivity contribution in [3.8, 4) is 17.2 Å². The average molecular weight is 506 g/mol. The summed E-state index contributed by atoms with van der Waals surface area (Å²) < 4.78 is 0. The number of aromatic nitrogens is 2. The fraction of sp³-hybridized carbons (Fsp3) is 0.129. The molecule has 0 bridgehead atoms. The van der Waals surface area contributed by atoms with E-state index in [1.54, 1.807) is 18.3 Å². The van der Waals surface area contributed by atoms with Crippen molar-refractivity contribution in [2.75, 3.05) is 0 Å². The van der Waals surface area contributed by atoms with Crippen molar-refractivity contribution in [1.82, 2.24) is 10.2 Å². The molecule has 0 atom stereocenters. The number of halogens is 1. The molecule has 1 fully saturated rings. The summed E-state index contributed by atoms with van der Waals surface area (Å²) in [6.07, 6.45) is 9.68. The molecule has 1 aliphatic rings. The van der Waals surface area contributed by atoms with Gasteiger partial charge in [0.15, 0.2) is 0 Å². The van der Waals surface area contributed by atoms with Crippen LogP contribution in [0.15, 0.2) is 85.2 Å². The molecule has 0 amide bonds. The van der Waals surface area contributed by atoms with Gasteiger partial charge < -0.3 is 5.11 Å². The number of carboxylic acid groups (broad SMARTS) is 1. The van der Waals surface area contributed by atoms with Gasteiger partial charge in [-0.15, -0.1) is 0 Å². The number of nitrogens with zero attached hydrogens (tertiary/aromatic N) is 2.